The molecule has 17 heavy (non-hydrogen) atoms. The molecule has 0 saturated carbocycles. The third kappa shape index (κ3) is 1.70. The van der Waals surface area contributed by atoms with Crippen molar-refractivity contribution in [2.75, 3.05) is 18.0 Å². The van der Waals surface area contributed by atoms with Gasteiger partial charge in [0.1, 0.15) is 4.83 Å². The molecule has 3 rings (SSSR count). The van der Waals surface area contributed by atoms with Crippen LogP contribution in [0.5, 0.6) is 0 Å². The van der Waals surface area contributed by atoms with Crippen LogP contribution >= 0.6 is 11.3 Å². The molecular formula is C12H16N4S. The molecule has 2 N–H and O–H groups in total. The molecule has 0 aromatic carbocycles. The quantitative estimate of drug-likeness (QED) is 0.881. The number of aromatic nitrogens is 2. The lowest BCUT2D eigenvalue weighted by molar-refractivity contribution is 0.242. The highest BCUT2D eigenvalue weighted by molar-refractivity contribution is 7.16. The Hall–Kier alpha value is -1.20. The van der Waals surface area contributed by atoms with Crippen molar-refractivity contribution in [1.29, 1.82) is 0 Å². The molecule has 0 radical (unpaired) electrons. The Morgan fingerprint density at radius 3 is 2.94 bits per heavy atom. The summed E-state index contributed by atoms with van der Waals surface area (Å²) in [6.07, 6.45) is 1.89. The second-order valence-electron chi connectivity index (χ2n) is 5.10. The van der Waals surface area contributed by atoms with Crippen LogP contribution in [0.4, 0.5) is 5.95 Å². The molecule has 2 aromatic heterocycles. The predicted octanol–water partition coefficient (Wildman–Crippen LogP) is 1.86. The summed E-state index contributed by atoms with van der Waals surface area (Å²) in [4.78, 5) is 12.2. The van der Waals surface area contributed by atoms with Crippen LogP contribution in [-0.2, 0) is 0 Å². The Balaban J connectivity index is 1.82. The van der Waals surface area contributed by atoms with Gasteiger partial charge < -0.3 is 10.6 Å². The Morgan fingerprint density at radius 1 is 1.47 bits per heavy atom. The molecule has 1 fully saturated rings. The van der Waals surface area contributed by atoms with E-state index < -0.39 is 0 Å². The van der Waals surface area contributed by atoms with Gasteiger partial charge in [-0.2, -0.15) is 0 Å². The second-order valence-corrected chi connectivity index (χ2v) is 5.99. The molecular weight excluding hydrogens is 232 g/mol. The molecule has 0 unspecified atom stereocenters. The number of hydrogen-bond acceptors (Lipinski definition) is 5. The van der Waals surface area contributed by atoms with Gasteiger partial charge in [-0.3, -0.25) is 0 Å². The average Bonchev–Trinajstić information content (AvgIpc) is 2.71. The summed E-state index contributed by atoms with van der Waals surface area (Å²) in [6, 6.07) is 2.04. The number of thiophene rings is 1. The average molecular weight is 248 g/mol. The summed E-state index contributed by atoms with van der Waals surface area (Å²) < 4.78 is 0. The van der Waals surface area contributed by atoms with Gasteiger partial charge in [0.15, 0.2) is 0 Å². The fourth-order valence-corrected chi connectivity index (χ4v) is 2.81. The van der Waals surface area contributed by atoms with Crippen LogP contribution in [0.25, 0.3) is 10.2 Å². The normalized spacial score (nSPS) is 18.7. The highest BCUT2D eigenvalue weighted by Gasteiger charge is 2.43. The molecule has 5 heteroatoms. The molecule has 0 bridgehead atoms. The SMILES string of the molecule is CC(C)C1(N)CN(c2ncc3ccsc3n2)C1. The maximum absolute atomic E-state index is 6.27. The van der Waals surface area contributed by atoms with Gasteiger partial charge >= 0.3 is 0 Å². The monoisotopic (exact) mass is 248 g/mol. The fraction of sp³-hybridized carbons (Fsp3) is 0.500. The summed E-state index contributed by atoms with van der Waals surface area (Å²) in [5.41, 5.74) is 6.20. The first-order valence-corrected chi connectivity index (χ1v) is 6.70. The number of nitrogens with zero attached hydrogens (tertiary/aromatic N) is 3. The highest BCUT2D eigenvalue weighted by atomic mass is 32.1. The summed E-state index contributed by atoms with van der Waals surface area (Å²) in [6.45, 7) is 6.03. The molecule has 0 amide bonds. The molecule has 1 saturated heterocycles. The van der Waals surface area contributed by atoms with Crippen molar-refractivity contribution < 1.29 is 0 Å². The summed E-state index contributed by atoms with van der Waals surface area (Å²) in [5, 5.41) is 3.16. The number of fused-ring (bicyclic) bond motifs is 1. The summed E-state index contributed by atoms with van der Waals surface area (Å²) >= 11 is 1.65. The zero-order valence-corrected chi connectivity index (χ0v) is 10.9. The van der Waals surface area contributed by atoms with Crippen LogP contribution < -0.4 is 10.6 Å². The Bertz CT molecular complexity index is 542. The van der Waals surface area contributed by atoms with Crippen LogP contribution in [0.2, 0.25) is 0 Å². The van der Waals surface area contributed by atoms with Gasteiger partial charge in [-0.05, 0) is 17.4 Å². The first-order valence-electron chi connectivity index (χ1n) is 5.82. The van der Waals surface area contributed by atoms with Crippen molar-refractivity contribution >= 4 is 27.5 Å². The van der Waals surface area contributed by atoms with Gasteiger partial charge in [-0.1, -0.05) is 13.8 Å². The topological polar surface area (TPSA) is 55.0 Å². The van der Waals surface area contributed by atoms with E-state index in [1.807, 2.05) is 17.6 Å². The van der Waals surface area contributed by atoms with Crippen LogP contribution in [0, 0.1) is 5.92 Å². The number of rotatable bonds is 2. The van der Waals surface area contributed by atoms with Crippen molar-refractivity contribution in [3.05, 3.63) is 17.6 Å². The summed E-state index contributed by atoms with van der Waals surface area (Å²) in [5.74, 6) is 1.30. The highest BCUT2D eigenvalue weighted by Crippen LogP contribution is 2.30. The maximum atomic E-state index is 6.27. The van der Waals surface area contributed by atoms with E-state index in [-0.39, 0.29) is 5.54 Å². The molecule has 4 nitrogen and oxygen atoms in total. The van der Waals surface area contributed by atoms with E-state index >= 15 is 0 Å². The third-order valence-corrected chi connectivity index (χ3v) is 4.42. The lowest BCUT2D eigenvalue weighted by atomic mass is 9.80. The predicted molar refractivity (Wildman–Crippen MR) is 71.4 cm³/mol. The van der Waals surface area contributed by atoms with Gasteiger partial charge in [0.2, 0.25) is 5.95 Å². The van der Waals surface area contributed by atoms with Crippen LogP contribution in [0.3, 0.4) is 0 Å². The van der Waals surface area contributed by atoms with Crippen LogP contribution in [0.1, 0.15) is 13.8 Å². The van der Waals surface area contributed by atoms with E-state index in [4.69, 9.17) is 5.73 Å². The van der Waals surface area contributed by atoms with Gasteiger partial charge in [0.05, 0.1) is 5.54 Å². The number of nitrogens with two attached hydrogens (primary N) is 1. The molecule has 90 valence electrons. The molecule has 0 aliphatic carbocycles. The molecule has 2 aromatic rings. The smallest absolute Gasteiger partial charge is 0.226 e. The van der Waals surface area contributed by atoms with Crippen LogP contribution in [-0.4, -0.2) is 28.6 Å². The minimum atomic E-state index is -0.0756. The minimum absolute atomic E-state index is 0.0756. The zero-order valence-electron chi connectivity index (χ0n) is 10.1. The Morgan fingerprint density at radius 2 is 2.24 bits per heavy atom. The van der Waals surface area contributed by atoms with E-state index in [1.54, 1.807) is 11.3 Å². The second kappa shape index (κ2) is 3.65. The molecule has 1 aliphatic rings. The van der Waals surface area contributed by atoms with Gasteiger partial charge in [-0.25, -0.2) is 9.97 Å². The van der Waals surface area contributed by atoms with Gasteiger partial charge in [-0.15, -0.1) is 11.3 Å². The fourth-order valence-electron chi connectivity index (χ4n) is 2.07. The van der Waals surface area contributed by atoms with E-state index in [0.29, 0.717) is 5.92 Å². The molecule has 3 heterocycles. The van der Waals surface area contributed by atoms with Crippen molar-refractivity contribution in [3.8, 4) is 0 Å². The zero-order chi connectivity index (χ0) is 12.0. The Labute approximate surface area is 104 Å². The van der Waals surface area contributed by atoms with E-state index in [1.165, 1.54) is 0 Å². The van der Waals surface area contributed by atoms with E-state index in [0.717, 1.165) is 29.3 Å². The molecule has 0 atom stereocenters. The van der Waals surface area contributed by atoms with E-state index in [2.05, 4.69) is 28.7 Å². The van der Waals surface area contributed by atoms with Crippen LogP contribution in [0.15, 0.2) is 17.6 Å². The largest absolute Gasteiger partial charge is 0.337 e. The standard InChI is InChI=1S/C12H16N4S/c1-8(2)12(13)6-16(7-12)11-14-5-9-3-4-17-10(9)15-11/h3-5,8H,6-7,13H2,1-2H3. The van der Waals surface area contributed by atoms with E-state index in [9.17, 15) is 0 Å². The van der Waals surface area contributed by atoms with Crippen molar-refractivity contribution in [2.24, 2.45) is 11.7 Å². The van der Waals surface area contributed by atoms with Crippen molar-refractivity contribution in [3.63, 3.8) is 0 Å². The number of hydrogen-bond donors (Lipinski definition) is 1. The minimum Gasteiger partial charge on any atom is -0.337 e. The summed E-state index contributed by atoms with van der Waals surface area (Å²) in [7, 11) is 0. The van der Waals surface area contributed by atoms with Gasteiger partial charge in [0.25, 0.3) is 0 Å². The van der Waals surface area contributed by atoms with Gasteiger partial charge in [0, 0.05) is 24.7 Å². The van der Waals surface area contributed by atoms with Crippen molar-refractivity contribution in [2.45, 2.75) is 19.4 Å². The maximum Gasteiger partial charge on any atom is 0.226 e. The molecule has 1 aliphatic heterocycles. The first-order chi connectivity index (χ1) is 8.08. The molecule has 0 spiro atoms. The Kier molecular flexibility index (Phi) is 2.34. The lowest BCUT2D eigenvalue weighted by Crippen LogP contribution is -2.70. The first kappa shape index (κ1) is 10.9. The lowest BCUT2D eigenvalue weighted by Gasteiger charge is -2.50. The van der Waals surface area contributed by atoms with Crippen molar-refractivity contribution in [1.82, 2.24) is 9.97 Å². The number of anilines is 1. The third-order valence-electron chi connectivity index (χ3n) is 3.60.